The summed E-state index contributed by atoms with van der Waals surface area (Å²) in [6.45, 7) is 0. The maximum Gasteiger partial charge on any atom is 0.261 e. The van der Waals surface area contributed by atoms with Crippen molar-refractivity contribution in [3.8, 4) is 17.2 Å². The van der Waals surface area contributed by atoms with Crippen LogP contribution in [0, 0.1) is 0 Å². The molecule has 0 unspecified atom stereocenters. The second-order valence-corrected chi connectivity index (χ2v) is 8.18. The first-order valence-electron chi connectivity index (χ1n) is 8.94. The van der Waals surface area contributed by atoms with Crippen LogP contribution in [0.2, 0.25) is 0 Å². The number of pyridine rings is 1. The smallest absolute Gasteiger partial charge is 0.261 e. The normalized spacial score (nSPS) is 16.1. The summed E-state index contributed by atoms with van der Waals surface area (Å²) < 4.78 is 43.4. The van der Waals surface area contributed by atoms with Gasteiger partial charge in [0.2, 0.25) is 5.75 Å². The molecule has 2 aromatic rings. The second-order valence-electron chi connectivity index (χ2n) is 6.72. The van der Waals surface area contributed by atoms with Crippen molar-refractivity contribution >= 4 is 21.7 Å². The molecular formula is C19H22N2O7S. The Morgan fingerprint density at radius 1 is 1.14 bits per heavy atom. The second kappa shape index (κ2) is 8.26. The molecule has 10 heteroatoms. The number of carbonyl (C=O) groups excluding carboxylic acids is 1. The van der Waals surface area contributed by atoms with Gasteiger partial charge in [0.05, 0.1) is 18.9 Å². The Kier molecular flexibility index (Phi) is 5.94. The molecule has 1 saturated carbocycles. The number of hydrogen-bond donors (Lipinski definition) is 2. The zero-order valence-corrected chi connectivity index (χ0v) is 16.9. The van der Waals surface area contributed by atoms with E-state index in [1.165, 1.54) is 0 Å². The molecule has 1 aromatic carbocycles. The van der Waals surface area contributed by atoms with Crippen molar-refractivity contribution in [1.29, 1.82) is 0 Å². The van der Waals surface area contributed by atoms with Crippen molar-refractivity contribution in [2.75, 3.05) is 18.7 Å². The number of nitrogens with zero attached hydrogens (tertiary/aromatic N) is 1. The van der Waals surface area contributed by atoms with Crippen LogP contribution in [0.3, 0.4) is 0 Å². The van der Waals surface area contributed by atoms with Crippen molar-refractivity contribution in [2.24, 2.45) is 0 Å². The van der Waals surface area contributed by atoms with Gasteiger partial charge in [0.15, 0.2) is 11.5 Å². The van der Waals surface area contributed by atoms with Crippen molar-refractivity contribution in [3.05, 3.63) is 42.2 Å². The molecule has 0 atom stereocenters. The maximum absolute atomic E-state index is 12.7. The number of nitrogens with one attached hydrogen (secondary N) is 1. The van der Waals surface area contributed by atoms with Crippen LogP contribution in [0.25, 0.3) is 0 Å². The Morgan fingerprint density at radius 3 is 2.31 bits per heavy atom. The molecule has 0 saturated heterocycles. The van der Waals surface area contributed by atoms with Gasteiger partial charge < -0.3 is 19.5 Å². The van der Waals surface area contributed by atoms with Gasteiger partial charge in [0, 0.05) is 30.9 Å². The molecular weight excluding hydrogens is 400 g/mol. The molecule has 4 rings (SSSR count). The van der Waals surface area contributed by atoms with Crippen LogP contribution in [0.1, 0.15) is 36.0 Å². The lowest BCUT2D eigenvalue weighted by Gasteiger charge is -2.21. The van der Waals surface area contributed by atoms with Gasteiger partial charge in [-0.2, -0.15) is 8.42 Å². The molecule has 1 amide bonds. The van der Waals surface area contributed by atoms with E-state index in [0.29, 0.717) is 34.8 Å². The number of anilines is 1. The molecule has 2 aliphatic rings. The topological polar surface area (TPSA) is 124 Å². The summed E-state index contributed by atoms with van der Waals surface area (Å²) in [6.07, 6.45) is 7.70. The van der Waals surface area contributed by atoms with Crippen LogP contribution in [0.15, 0.2) is 36.7 Å². The third-order valence-electron chi connectivity index (χ3n) is 4.42. The SMILES string of the molecule is COc1ccc(C(=O)Nc2ccncc2)c2c1OC1(CCCC1)O2.CS(=O)(=O)O. The van der Waals surface area contributed by atoms with E-state index in [4.69, 9.17) is 18.8 Å². The van der Waals surface area contributed by atoms with E-state index in [1.807, 2.05) is 0 Å². The Labute approximate surface area is 168 Å². The van der Waals surface area contributed by atoms with E-state index in [-0.39, 0.29) is 5.91 Å². The number of rotatable bonds is 3. The molecule has 1 fully saturated rings. The Balaban J connectivity index is 0.000000431. The Hall–Kier alpha value is -2.85. The summed E-state index contributed by atoms with van der Waals surface area (Å²) in [5.41, 5.74) is 1.11. The third-order valence-corrected chi connectivity index (χ3v) is 4.42. The number of amides is 1. The maximum atomic E-state index is 12.7. The molecule has 1 spiro atoms. The summed E-state index contributed by atoms with van der Waals surface area (Å²) in [5.74, 6) is 0.653. The van der Waals surface area contributed by atoms with E-state index in [0.717, 1.165) is 25.7 Å². The van der Waals surface area contributed by atoms with Gasteiger partial charge in [-0.1, -0.05) is 0 Å². The predicted octanol–water partition coefficient (Wildman–Crippen LogP) is 2.89. The van der Waals surface area contributed by atoms with E-state index in [1.54, 1.807) is 43.8 Å². The average molecular weight is 422 g/mol. The van der Waals surface area contributed by atoms with Crippen LogP contribution in [-0.4, -0.2) is 43.0 Å². The molecule has 1 aliphatic heterocycles. The Morgan fingerprint density at radius 2 is 1.72 bits per heavy atom. The number of benzene rings is 1. The molecule has 0 radical (unpaired) electrons. The highest BCUT2D eigenvalue weighted by Gasteiger charge is 2.46. The summed E-state index contributed by atoms with van der Waals surface area (Å²) in [4.78, 5) is 16.6. The largest absolute Gasteiger partial charge is 0.493 e. The van der Waals surface area contributed by atoms with Gasteiger partial charge in [-0.15, -0.1) is 0 Å². The van der Waals surface area contributed by atoms with Gasteiger partial charge in [0.25, 0.3) is 21.8 Å². The number of ether oxygens (including phenoxy) is 3. The minimum Gasteiger partial charge on any atom is -0.493 e. The molecule has 0 bridgehead atoms. The summed E-state index contributed by atoms with van der Waals surface area (Å²) in [5, 5.41) is 2.85. The fourth-order valence-electron chi connectivity index (χ4n) is 3.23. The van der Waals surface area contributed by atoms with Gasteiger partial charge in [-0.25, -0.2) is 0 Å². The van der Waals surface area contributed by atoms with Crippen LogP contribution < -0.4 is 19.5 Å². The number of hydrogen-bond acceptors (Lipinski definition) is 7. The predicted molar refractivity (Wildman–Crippen MR) is 105 cm³/mol. The van der Waals surface area contributed by atoms with E-state index in [9.17, 15) is 13.2 Å². The van der Waals surface area contributed by atoms with Crippen molar-refractivity contribution in [2.45, 2.75) is 31.5 Å². The van der Waals surface area contributed by atoms with Crippen LogP contribution in [0.4, 0.5) is 5.69 Å². The summed E-state index contributed by atoms with van der Waals surface area (Å²) >= 11 is 0. The molecule has 1 aliphatic carbocycles. The zero-order chi connectivity index (χ0) is 21.1. The van der Waals surface area contributed by atoms with Crippen LogP contribution in [0.5, 0.6) is 17.2 Å². The van der Waals surface area contributed by atoms with Crippen LogP contribution in [-0.2, 0) is 10.1 Å². The highest BCUT2D eigenvalue weighted by Crippen LogP contribution is 2.52. The number of carbonyl (C=O) groups is 1. The fourth-order valence-corrected chi connectivity index (χ4v) is 3.23. The van der Waals surface area contributed by atoms with Gasteiger partial charge >= 0.3 is 0 Å². The standard InChI is InChI=1S/C18H18N2O4.CH4O3S/c1-22-14-5-4-13(17(21)20-12-6-10-19-11-7-12)15-16(14)24-18(23-15)8-2-3-9-18;1-5(2,3)4/h4-7,10-11H,2-3,8-9H2,1H3,(H,19,20,21);1H3,(H,2,3,4). The van der Waals surface area contributed by atoms with Crippen LogP contribution >= 0.6 is 0 Å². The first-order chi connectivity index (χ1) is 13.7. The van der Waals surface area contributed by atoms with E-state index < -0.39 is 15.9 Å². The molecule has 156 valence electrons. The lowest BCUT2D eigenvalue weighted by molar-refractivity contribution is -0.0724. The minimum atomic E-state index is -3.67. The van der Waals surface area contributed by atoms with Crippen molar-refractivity contribution in [1.82, 2.24) is 4.98 Å². The first-order valence-corrected chi connectivity index (χ1v) is 10.8. The summed E-state index contributed by atoms with van der Waals surface area (Å²) in [7, 11) is -2.09. The number of methoxy groups -OCH3 is 1. The molecule has 1 aromatic heterocycles. The third kappa shape index (κ3) is 5.15. The molecule has 29 heavy (non-hydrogen) atoms. The highest BCUT2D eigenvalue weighted by atomic mass is 32.2. The molecule has 2 heterocycles. The number of fused-ring (bicyclic) bond motifs is 1. The quantitative estimate of drug-likeness (QED) is 0.724. The van der Waals surface area contributed by atoms with Crippen molar-refractivity contribution < 1.29 is 32.0 Å². The average Bonchev–Trinajstić information content (AvgIpc) is 3.26. The van der Waals surface area contributed by atoms with Gasteiger partial charge in [-0.05, 0) is 37.1 Å². The lowest BCUT2D eigenvalue weighted by Crippen LogP contribution is -2.34. The first kappa shape index (κ1) is 20.9. The monoisotopic (exact) mass is 422 g/mol. The van der Waals surface area contributed by atoms with Gasteiger partial charge in [-0.3, -0.25) is 14.3 Å². The van der Waals surface area contributed by atoms with E-state index >= 15 is 0 Å². The Bertz CT molecular complexity index is 979. The molecule has 2 N–H and O–H groups in total. The minimum absolute atomic E-state index is 0.251. The fraction of sp³-hybridized carbons (Fsp3) is 0.368. The van der Waals surface area contributed by atoms with Gasteiger partial charge in [0.1, 0.15) is 0 Å². The van der Waals surface area contributed by atoms with E-state index in [2.05, 4.69) is 10.3 Å². The molecule has 9 nitrogen and oxygen atoms in total. The lowest BCUT2D eigenvalue weighted by atomic mass is 10.1. The van der Waals surface area contributed by atoms with Crippen molar-refractivity contribution in [3.63, 3.8) is 0 Å². The number of aromatic nitrogens is 1. The summed E-state index contributed by atoms with van der Waals surface area (Å²) in [6, 6.07) is 6.90. The highest BCUT2D eigenvalue weighted by molar-refractivity contribution is 7.85. The zero-order valence-electron chi connectivity index (χ0n) is 16.0.